The largest absolute Gasteiger partial charge is 0.454 e. The van der Waals surface area contributed by atoms with E-state index < -0.39 is 0 Å². The summed E-state index contributed by atoms with van der Waals surface area (Å²) >= 11 is 0. The molecule has 17 heavy (non-hydrogen) atoms. The monoisotopic (exact) mass is 231 g/mol. The van der Waals surface area contributed by atoms with Crippen molar-refractivity contribution in [3.8, 4) is 22.9 Å². The Kier molecular flexibility index (Phi) is 1.97. The maximum atomic E-state index is 5.51. The molecule has 0 saturated heterocycles. The molecule has 1 aliphatic heterocycles. The van der Waals surface area contributed by atoms with E-state index in [9.17, 15) is 0 Å². The molecule has 86 valence electrons. The highest BCUT2D eigenvalue weighted by Crippen LogP contribution is 2.35. The van der Waals surface area contributed by atoms with Gasteiger partial charge in [-0.1, -0.05) is 0 Å². The SMILES string of the molecule is Nc1nc(N)nc(-c2ccc3c(c2)OCO3)n1. The number of benzene rings is 1. The first-order chi connectivity index (χ1) is 8.22. The minimum absolute atomic E-state index is 0.0881. The fourth-order valence-electron chi connectivity index (χ4n) is 1.57. The minimum atomic E-state index is 0.0881. The molecule has 2 heterocycles. The van der Waals surface area contributed by atoms with Crippen molar-refractivity contribution < 1.29 is 9.47 Å². The second-order valence-corrected chi connectivity index (χ2v) is 3.44. The molecule has 7 heteroatoms. The minimum Gasteiger partial charge on any atom is -0.454 e. The van der Waals surface area contributed by atoms with Gasteiger partial charge in [-0.05, 0) is 18.2 Å². The second kappa shape index (κ2) is 3.48. The van der Waals surface area contributed by atoms with Crippen molar-refractivity contribution >= 4 is 11.9 Å². The van der Waals surface area contributed by atoms with Crippen LogP contribution in [0.15, 0.2) is 18.2 Å². The van der Waals surface area contributed by atoms with Crippen LogP contribution in [0.3, 0.4) is 0 Å². The van der Waals surface area contributed by atoms with Gasteiger partial charge in [-0.25, -0.2) is 0 Å². The summed E-state index contributed by atoms with van der Waals surface area (Å²) in [5.41, 5.74) is 11.8. The van der Waals surface area contributed by atoms with E-state index in [-0.39, 0.29) is 18.7 Å². The standard InChI is InChI=1S/C10H9N5O2/c11-9-13-8(14-10(12)15-9)5-1-2-6-7(3-5)17-4-16-6/h1-3H,4H2,(H4,11,12,13,14,15). The summed E-state index contributed by atoms with van der Waals surface area (Å²) in [7, 11) is 0. The molecule has 1 aromatic carbocycles. The molecule has 7 nitrogen and oxygen atoms in total. The van der Waals surface area contributed by atoms with Gasteiger partial charge in [0.25, 0.3) is 0 Å². The number of hydrogen-bond acceptors (Lipinski definition) is 7. The van der Waals surface area contributed by atoms with Crippen LogP contribution in [-0.2, 0) is 0 Å². The Labute approximate surface area is 96.4 Å². The Morgan fingerprint density at radius 1 is 0.941 bits per heavy atom. The third-order valence-electron chi connectivity index (χ3n) is 2.30. The fraction of sp³-hybridized carbons (Fsp3) is 0.100. The molecule has 3 rings (SSSR count). The van der Waals surface area contributed by atoms with Gasteiger partial charge in [0.05, 0.1) is 0 Å². The van der Waals surface area contributed by atoms with E-state index in [2.05, 4.69) is 15.0 Å². The Morgan fingerprint density at radius 3 is 2.41 bits per heavy atom. The predicted molar refractivity (Wildman–Crippen MR) is 60.2 cm³/mol. The number of aromatic nitrogens is 3. The number of hydrogen-bond donors (Lipinski definition) is 2. The van der Waals surface area contributed by atoms with Crippen molar-refractivity contribution in [2.24, 2.45) is 0 Å². The van der Waals surface area contributed by atoms with Gasteiger partial charge in [-0.15, -0.1) is 0 Å². The van der Waals surface area contributed by atoms with Crippen LogP contribution in [0.5, 0.6) is 11.5 Å². The third-order valence-corrected chi connectivity index (χ3v) is 2.30. The van der Waals surface area contributed by atoms with Gasteiger partial charge in [0.2, 0.25) is 18.7 Å². The van der Waals surface area contributed by atoms with Crippen molar-refractivity contribution in [1.29, 1.82) is 0 Å². The quantitative estimate of drug-likeness (QED) is 0.732. The smallest absolute Gasteiger partial charge is 0.231 e. The molecule has 2 aromatic rings. The maximum absolute atomic E-state index is 5.51. The van der Waals surface area contributed by atoms with E-state index >= 15 is 0 Å². The predicted octanol–water partition coefficient (Wildman–Crippen LogP) is 0.432. The molecule has 0 amide bonds. The summed E-state index contributed by atoms with van der Waals surface area (Å²) in [6, 6.07) is 5.37. The summed E-state index contributed by atoms with van der Waals surface area (Å²) in [6.07, 6.45) is 0. The Bertz CT molecular complexity index is 567. The first kappa shape index (κ1) is 9.64. The molecule has 0 saturated carbocycles. The van der Waals surface area contributed by atoms with Crippen molar-refractivity contribution in [3.05, 3.63) is 18.2 Å². The van der Waals surface area contributed by atoms with Gasteiger partial charge < -0.3 is 20.9 Å². The number of fused-ring (bicyclic) bond motifs is 1. The lowest BCUT2D eigenvalue weighted by atomic mass is 10.2. The van der Waals surface area contributed by atoms with Crippen LogP contribution >= 0.6 is 0 Å². The number of nitrogen functional groups attached to an aromatic ring is 2. The van der Waals surface area contributed by atoms with Crippen LogP contribution in [0.4, 0.5) is 11.9 Å². The first-order valence-corrected chi connectivity index (χ1v) is 4.89. The molecule has 0 spiro atoms. The summed E-state index contributed by atoms with van der Waals surface area (Å²) in [4.78, 5) is 11.7. The van der Waals surface area contributed by atoms with E-state index in [4.69, 9.17) is 20.9 Å². The van der Waals surface area contributed by atoms with Crippen LogP contribution in [0, 0.1) is 0 Å². The number of ether oxygens (including phenoxy) is 2. The molecule has 4 N–H and O–H groups in total. The molecule has 1 aliphatic rings. The molecule has 0 fully saturated rings. The van der Waals surface area contributed by atoms with E-state index in [0.717, 1.165) is 5.56 Å². The average Bonchev–Trinajstić information content (AvgIpc) is 2.74. The highest BCUT2D eigenvalue weighted by atomic mass is 16.7. The van der Waals surface area contributed by atoms with Gasteiger partial charge in [0, 0.05) is 5.56 Å². The number of anilines is 2. The van der Waals surface area contributed by atoms with Crippen molar-refractivity contribution in [1.82, 2.24) is 15.0 Å². The lowest BCUT2D eigenvalue weighted by molar-refractivity contribution is 0.174. The summed E-state index contributed by atoms with van der Waals surface area (Å²) < 4.78 is 10.5. The second-order valence-electron chi connectivity index (χ2n) is 3.44. The normalized spacial score (nSPS) is 12.7. The Morgan fingerprint density at radius 2 is 1.65 bits per heavy atom. The fourth-order valence-corrected chi connectivity index (χ4v) is 1.57. The van der Waals surface area contributed by atoms with Crippen molar-refractivity contribution in [2.75, 3.05) is 18.3 Å². The number of rotatable bonds is 1. The van der Waals surface area contributed by atoms with Crippen LogP contribution in [0.2, 0.25) is 0 Å². The lowest BCUT2D eigenvalue weighted by Gasteiger charge is -2.03. The summed E-state index contributed by atoms with van der Waals surface area (Å²) in [5, 5.41) is 0. The average molecular weight is 231 g/mol. The molecule has 1 aromatic heterocycles. The van der Waals surface area contributed by atoms with Gasteiger partial charge in [-0.2, -0.15) is 15.0 Å². The lowest BCUT2D eigenvalue weighted by Crippen LogP contribution is -2.04. The summed E-state index contributed by atoms with van der Waals surface area (Å²) in [6.45, 7) is 0.222. The topological polar surface area (TPSA) is 109 Å². The first-order valence-electron chi connectivity index (χ1n) is 4.89. The van der Waals surface area contributed by atoms with Crippen LogP contribution < -0.4 is 20.9 Å². The molecular formula is C10H9N5O2. The van der Waals surface area contributed by atoms with E-state index in [1.54, 1.807) is 12.1 Å². The highest BCUT2D eigenvalue weighted by Gasteiger charge is 2.15. The van der Waals surface area contributed by atoms with E-state index in [1.165, 1.54) is 0 Å². The summed E-state index contributed by atoms with van der Waals surface area (Å²) in [5.74, 6) is 1.94. The Hall–Kier alpha value is -2.57. The van der Waals surface area contributed by atoms with E-state index in [0.29, 0.717) is 17.3 Å². The van der Waals surface area contributed by atoms with Crippen molar-refractivity contribution in [2.45, 2.75) is 0 Å². The zero-order chi connectivity index (χ0) is 11.8. The molecule has 0 atom stereocenters. The van der Waals surface area contributed by atoms with Gasteiger partial charge in [-0.3, -0.25) is 0 Å². The van der Waals surface area contributed by atoms with Crippen LogP contribution in [-0.4, -0.2) is 21.7 Å². The van der Waals surface area contributed by atoms with E-state index in [1.807, 2.05) is 6.07 Å². The zero-order valence-electron chi connectivity index (χ0n) is 8.75. The van der Waals surface area contributed by atoms with Crippen molar-refractivity contribution in [3.63, 3.8) is 0 Å². The number of nitrogens with two attached hydrogens (primary N) is 2. The van der Waals surface area contributed by atoms with Gasteiger partial charge in [0.1, 0.15) is 0 Å². The molecule has 0 aliphatic carbocycles. The maximum Gasteiger partial charge on any atom is 0.231 e. The van der Waals surface area contributed by atoms with Crippen LogP contribution in [0.1, 0.15) is 0 Å². The van der Waals surface area contributed by atoms with Gasteiger partial charge >= 0.3 is 0 Å². The molecule has 0 unspecified atom stereocenters. The molecule has 0 radical (unpaired) electrons. The molecular weight excluding hydrogens is 222 g/mol. The zero-order valence-corrected chi connectivity index (χ0v) is 8.75. The highest BCUT2D eigenvalue weighted by molar-refractivity contribution is 5.62. The molecule has 0 bridgehead atoms. The third kappa shape index (κ3) is 1.67. The van der Waals surface area contributed by atoms with Gasteiger partial charge in [0.15, 0.2) is 17.3 Å². The van der Waals surface area contributed by atoms with Crippen LogP contribution in [0.25, 0.3) is 11.4 Å². The number of nitrogens with zero attached hydrogens (tertiary/aromatic N) is 3. The Balaban J connectivity index is 2.09.